The number of hydrogen-bond donors (Lipinski definition) is 1. The third-order valence-electron chi connectivity index (χ3n) is 3.16. The van der Waals surface area contributed by atoms with E-state index in [2.05, 4.69) is 15.5 Å². The largest absolute Gasteiger partial charge is 0.461 e. The van der Waals surface area contributed by atoms with Crippen LogP contribution in [0.4, 0.5) is 5.69 Å². The zero-order valence-electron chi connectivity index (χ0n) is 12.5. The fourth-order valence-corrected chi connectivity index (χ4v) is 2.60. The molecule has 0 radical (unpaired) electrons. The first-order chi connectivity index (χ1) is 11.3. The van der Waals surface area contributed by atoms with E-state index in [4.69, 9.17) is 8.94 Å². The SMILES string of the molecule is CSc1ccccc1NC(=O)CCc1nc(-c2ccco2)no1. The smallest absolute Gasteiger partial charge is 0.238 e. The molecule has 3 rings (SSSR count). The fourth-order valence-electron chi connectivity index (χ4n) is 2.04. The van der Waals surface area contributed by atoms with Crippen molar-refractivity contribution in [2.75, 3.05) is 11.6 Å². The van der Waals surface area contributed by atoms with E-state index in [0.717, 1.165) is 10.6 Å². The molecule has 0 unspecified atom stereocenters. The van der Waals surface area contributed by atoms with Crippen molar-refractivity contribution in [2.45, 2.75) is 17.7 Å². The first-order valence-electron chi connectivity index (χ1n) is 7.05. The average molecular weight is 329 g/mol. The third-order valence-corrected chi connectivity index (χ3v) is 3.95. The van der Waals surface area contributed by atoms with Crippen LogP contribution in [0.1, 0.15) is 12.3 Å². The first-order valence-corrected chi connectivity index (χ1v) is 8.28. The lowest BCUT2D eigenvalue weighted by Crippen LogP contribution is -2.13. The van der Waals surface area contributed by atoms with Crippen LogP contribution in [0, 0.1) is 0 Å². The van der Waals surface area contributed by atoms with Crippen molar-refractivity contribution in [2.24, 2.45) is 0 Å². The number of rotatable bonds is 6. The molecule has 0 aliphatic carbocycles. The molecule has 23 heavy (non-hydrogen) atoms. The van der Waals surface area contributed by atoms with Gasteiger partial charge in [0.05, 0.1) is 12.0 Å². The molecule has 2 heterocycles. The Bertz CT molecular complexity index is 783. The van der Waals surface area contributed by atoms with Gasteiger partial charge in [-0.15, -0.1) is 11.8 Å². The predicted octanol–water partition coefficient (Wildman–Crippen LogP) is 3.62. The summed E-state index contributed by atoms with van der Waals surface area (Å²) in [5.41, 5.74) is 0.812. The van der Waals surface area contributed by atoms with Crippen LogP contribution in [-0.4, -0.2) is 22.3 Å². The van der Waals surface area contributed by atoms with Crippen LogP contribution < -0.4 is 5.32 Å². The van der Waals surface area contributed by atoms with Crippen molar-refractivity contribution in [1.29, 1.82) is 0 Å². The molecule has 7 heteroatoms. The molecule has 3 aromatic rings. The number of hydrogen-bond acceptors (Lipinski definition) is 6. The third kappa shape index (κ3) is 3.81. The molecule has 6 nitrogen and oxygen atoms in total. The minimum absolute atomic E-state index is 0.0933. The van der Waals surface area contributed by atoms with Crippen LogP contribution in [0.5, 0.6) is 0 Å². The molecule has 0 bridgehead atoms. The van der Waals surface area contributed by atoms with Gasteiger partial charge in [0, 0.05) is 17.7 Å². The summed E-state index contributed by atoms with van der Waals surface area (Å²) in [5, 5.41) is 6.73. The molecular weight excluding hydrogens is 314 g/mol. The zero-order chi connectivity index (χ0) is 16.1. The molecular formula is C16H15N3O3S. The summed E-state index contributed by atoms with van der Waals surface area (Å²) < 4.78 is 10.3. The number of nitrogens with zero attached hydrogens (tertiary/aromatic N) is 2. The van der Waals surface area contributed by atoms with Crippen molar-refractivity contribution >= 4 is 23.4 Å². The van der Waals surface area contributed by atoms with E-state index in [-0.39, 0.29) is 12.3 Å². The van der Waals surface area contributed by atoms with Crippen LogP contribution in [0.15, 0.2) is 56.5 Å². The number of amides is 1. The van der Waals surface area contributed by atoms with Gasteiger partial charge in [-0.2, -0.15) is 4.98 Å². The Hall–Kier alpha value is -2.54. The highest BCUT2D eigenvalue weighted by atomic mass is 32.2. The van der Waals surface area contributed by atoms with E-state index in [1.54, 1.807) is 30.2 Å². The fraction of sp³-hybridized carbons (Fsp3) is 0.188. The van der Waals surface area contributed by atoms with Crippen LogP contribution in [0.25, 0.3) is 11.6 Å². The molecule has 2 aromatic heterocycles. The molecule has 0 aliphatic rings. The standard InChI is InChI=1S/C16H15N3O3S/c1-23-13-7-3-2-5-11(13)17-14(20)8-9-15-18-16(19-22-15)12-6-4-10-21-12/h2-7,10H,8-9H2,1H3,(H,17,20). The Kier molecular flexibility index (Phi) is 4.77. The first kappa shape index (κ1) is 15.4. The van der Waals surface area contributed by atoms with Gasteiger partial charge in [0.25, 0.3) is 0 Å². The number of carbonyl (C=O) groups is 1. The lowest BCUT2D eigenvalue weighted by molar-refractivity contribution is -0.116. The number of thioether (sulfide) groups is 1. The second kappa shape index (κ2) is 7.15. The molecule has 0 spiro atoms. The van der Waals surface area contributed by atoms with Crippen LogP contribution in [0.3, 0.4) is 0 Å². The molecule has 1 N–H and O–H groups in total. The molecule has 1 aromatic carbocycles. The Morgan fingerprint density at radius 2 is 2.13 bits per heavy atom. The minimum Gasteiger partial charge on any atom is -0.461 e. The van der Waals surface area contributed by atoms with Gasteiger partial charge in [0.1, 0.15) is 0 Å². The summed E-state index contributed by atoms with van der Waals surface area (Å²) in [6.07, 6.45) is 4.16. The van der Waals surface area contributed by atoms with Crippen LogP contribution >= 0.6 is 11.8 Å². The second-order valence-electron chi connectivity index (χ2n) is 4.74. The molecule has 118 valence electrons. The summed E-state index contributed by atoms with van der Waals surface area (Å²) in [4.78, 5) is 17.3. The highest BCUT2D eigenvalue weighted by Crippen LogP contribution is 2.24. The van der Waals surface area contributed by atoms with Gasteiger partial charge in [0.15, 0.2) is 5.76 Å². The molecule has 0 saturated heterocycles. The second-order valence-corrected chi connectivity index (χ2v) is 5.59. The van der Waals surface area contributed by atoms with Gasteiger partial charge < -0.3 is 14.3 Å². The van der Waals surface area contributed by atoms with Crippen LogP contribution in [0.2, 0.25) is 0 Å². The Morgan fingerprint density at radius 1 is 1.26 bits per heavy atom. The van der Waals surface area contributed by atoms with Gasteiger partial charge in [-0.1, -0.05) is 17.3 Å². The highest BCUT2D eigenvalue weighted by Gasteiger charge is 2.13. The Labute approximate surface area is 137 Å². The average Bonchev–Trinajstić information content (AvgIpc) is 3.24. The van der Waals surface area contributed by atoms with Crippen molar-refractivity contribution in [3.63, 3.8) is 0 Å². The van der Waals surface area contributed by atoms with Crippen LogP contribution in [-0.2, 0) is 11.2 Å². The van der Waals surface area contributed by atoms with Gasteiger partial charge >= 0.3 is 0 Å². The normalized spacial score (nSPS) is 10.7. The maximum atomic E-state index is 12.1. The van der Waals surface area contributed by atoms with Gasteiger partial charge in [-0.05, 0) is 30.5 Å². The Balaban J connectivity index is 1.57. The van der Waals surface area contributed by atoms with Crippen molar-refractivity contribution in [3.8, 4) is 11.6 Å². The monoisotopic (exact) mass is 329 g/mol. The van der Waals surface area contributed by atoms with E-state index < -0.39 is 0 Å². The number of nitrogens with one attached hydrogen (secondary N) is 1. The quantitative estimate of drug-likeness (QED) is 0.696. The zero-order valence-corrected chi connectivity index (χ0v) is 13.3. The summed E-state index contributed by atoms with van der Waals surface area (Å²) >= 11 is 1.59. The van der Waals surface area contributed by atoms with Crippen molar-refractivity contribution in [3.05, 3.63) is 48.6 Å². The Morgan fingerprint density at radius 3 is 2.91 bits per heavy atom. The number of carbonyl (C=O) groups excluding carboxylic acids is 1. The van der Waals surface area contributed by atoms with Gasteiger partial charge in [-0.25, -0.2) is 0 Å². The van der Waals surface area contributed by atoms with E-state index in [0.29, 0.717) is 23.9 Å². The van der Waals surface area contributed by atoms with Crippen molar-refractivity contribution < 1.29 is 13.7 Å². The molecule has 0 atom stereocenters. The van der Waals surface area contributed by atoms with E-state index in [1.165, 1.54) is 0 Å². The molecule has 1 amide bonds. The van der Waals surface area contributed by atoms with E-state index in [9.17, 15) is 4.79 Å². The summed E-state index contributed by atoms with van der Waals surface area (Å²) in [7, 11) is 0. The highest BCUT2D eigenvalue weighted by molar-refractivity contribution is 7.98. The number of benzene rings is 1. The number of furan rings is 1. The van der Waals surface area contributed by atoms with Gasteiger partial charge in [0.2, 0.25) is 17.6 Å². The molecule has 0 fully saturated rings. The lowest BCUT2D eigenvalue weighted by atomic mass is 10.2. The number of anilines is 1. The van der Waals surface area contributed by atoms with Gasteiger partial charge in [-0.3, -0.25) is 4.79 Å². The predicted molar refractivity (Wildman–Crippen MR) is 87.2 cm³/mol. The van der Waals surface area contributed by atoms with E-state index in [1.807, 2.05) is 30.5 Å². The topological polar surface area (TPSA) is 81.2 Å². The number of aryl methyl sites for hydroxylation is 1. The lowest BCUT2D eigenvalue weighted by Gasteiger charge is -2.08. The molecule has 0 saturated carbocycles. The number of para-hydroxylation sites is 1. The number of aromatic nitrogens is 2. The summed E-state index contributed by atoms with van der Waals surface area (Å²) in [5.74, 6) is 1.24. The van der Waals surface area contributed by atoms with Crippen molar-refractivity contribution in [1.82, 2.24) is 10.1 Å². The molecule has 0 aliphatic heterocycles. The minimum atomic E-state index is -0.0933. The maximum Gasteiger partial charge on any atom is 0.238 e. The maximum absolute atomic E-state index is 12.1. The summed E-state index contributed by atoms with van der Waals surface area (Å²) in [6.45, 7) is 0. The summed E-state index contributed by atoms with van der Waals surface area (Å²) in [6, 6.07) is 11.2. The van der Waals surface area contributed by atoms with E-state index >= 15 is 0 Å².